The SMILES string of the molecule is CCCCCCC(C)NC(=NCCNC(=O)C(C)C)NCC. The van der Waals surface area contributed by atoms with Gasteiger partial charge in [0.05, 0.1) is 6.54 Å². The van der Waals surface area contributed by atoms with Gasteiger partial charge < -0.3 is 16.0 Å². The Morgan fingerprint density at radius 3 is 2.36 bits per heavy atom. The molecule has 1 atom stereocenters. The molecule has 0 saturated carbocycles. The van der Waals surface area contributed by atoms with E-state index in [2.05, 4.69) is 41.7 Å². The second-order valence-electron chi connectivity index (χ2n) is 6.10. The van der Waals surface area contributed by atoms with Crippen molar-refractivity contribution in [1.29, 1.82) is 0 Å². The number of carbonyl (C=O) groups is 1. The molecule has 0 aliphatic heterocycles. The van der Waals surface area contributed by atoms with Gasteiger partial charge in [0, 0.05) is 25.0 Å². The van der Waals surface area contributed by atoms with E-state index in [9.17, 15) is 4.79 Å². The first-order valence-electron chi connectivity index (χ1n) is 8.83. The quantitative estimate of drug-likeness (QED) is 0.312. The Morgan fingerprint density at radius 1 is 1.05 bits per heavy atom. The summed E-state index contributed by atoms with van der Waals surface area (Å²) < 4.78 is 0. The molecule has 0 heterocycles. The molecule has 0 fully saturated rings. The molecule has 0 aliphatic carbocycles. The molecule has 3 N–H and O–H groups in total. The molecular formula is C17H36N4O. The van der Waals surface area contributed by atoms with E-state index in [0.29, 0.717) is 19.1 Å². The Labute approximate surface area is 136 Å². The van der Waals surface area contributed by atoms with Crippen LogP contribution in [-0.4, -0.2) is 37.5 Å². The van der Waals surface area contributed by atoms with E-state index in [1.807, 2.05) is 13.8 Å². The minimum atomic E-state index is 0.0264. The molecule has 1 amide bonds. The van der Waals surface area contributed by atoms with Crippen molar-refractivity contribution in [3.05, 3.63) is 0 Å². The van der Waals surface area contributed by atoms with Crippen molar-refractivity contribution in [1.82, 2.24) is 16.0 Å². The van der Waals surface area contributed by atoms with Gasteiger partial charge >= 0.3 is 0 Å². The number of rotatable bonds is 11. The first-order valence-corrected chi connectivity index (χ1v) is 8.83. The van der Waals surface area contributed by atoms with Crippen molar-refractivity contribution < 1.29 is 4.79 Å². The van der Waals surface area contributed by atoms with Crippen molar-refractivity contribution in [2.24, 2.45) is 10.9 Å². The largest absolute Gasteiger partial charge is 0.357 e. The molecule has 22 heavy (non-hydrogen) atoms. The third-order valence-corrected chi connectivity index (χ3v) is 3.42. The molecule has 5 nitrogen and oxygen atoms in total. The van der Waals surface area contributed by atoms with Crippen molar-refractivity contribution >= 4 is 11.9 Å². The zero-order valence-corrected chi connectivity index (χ0v) is 15.2. The predicted molar refractivity (Wildman–Crippen MR) is 95.2 cm³/mol. The van der Waals surface area contributed by atoms with Crippen LogP contribution in [0.2, 0.25) is 0 Å². The smallest absolute Gasteiger partial charge is 0.222 e. The first kappa shape index (κ1) is 20.7. The Kier molecular flexibility index (Phi) is 12.6. The highest BCUT2D eigenvalue weighted by atomic mass is 16.1. The summed E-state index contributed by atoms with van der Waals surface area (Å²) in [5.74, 6) is 0.945. The fourth-order valence-electron chi connectivity index (χ4n) is 2.05. The standard InChI is InChI=1S/C17H36N4O/c1-6-8-9-10-11-15(5)21-17(18-7-2)20-13-12-19-16(22)14(3)4/h14-15H,6-13H2,1-5H3,(H,19,22)(H2,18,20,21). The summed E-state index contributed by atoms with van der Waals surface area (Å²) >= 11 is 0. The topological polar surface area (TPSA) is 65.5 Å². The van der Waals surface area contributed by atoms with E-state index in [0.717, 1.165) is 18.9 Å². The van der Waals surface area contributed by atoms with E-state index in [1.54, 1.807) is 0 Å². The molecule has 0 spiro atoms. The summed E-state index contributed by atoms with van der Waals surface area (Å²) in [7, 11) is 0. The normalized spacial score (nSPS) is 13.1. The number of hydrogen-bond donors (Lipinski definition) is 3. The molecule has 0 radical (unpaired) electrons. The van der Waals surface area contributed by atoms with Crippen LogP contribution in [0.4, 0.5) is 0 Å². The summed E-state index contributed by atoms with van der Waals surface area (Å²) in [4.78, 5) is 16.0. The Hall–Kier alpha value is -1.26. The van der Waals surface area contributed by atoms with Crippen LogP contribution in [0, 0.1) is 5.92 Å². The highest BCUT2D eigenvalue weighted by Gasteiger charge is 2.06. The summed E-state index contributed by atoms with van der Waals surface area (Å²) in [5.41, 5.74) is 0. The van der Waals surface area contributed by atoms with Crippen molar-refractivity contribution in [2.45, 2.75) is 72.8 Å². The van der Waals surface area contributed by atoms with E-state index < -0.39 is 0 Å². The molecule has 0 bridgehead atoms. The van der Waals surface area contributed by atoms with Gasteiger partial charge in [-0.3, -0.25) is 9.79 Å². The maximum absolute atomic E-state index is 11.5. The molecule has 5 heteroatoms. The number of aliphatic imine (C=N–C) groups is 1. The van der Waals surface area contributed by atoms with Crippen LogP contribution in [0.25, 0.3) is 0 Å². The van der Waals surface area contributed by atoms with Crippen LogP contribution in [0.15, 0.2) is 4.99 Å². The van der Waals surface area contributed by atoms with Gasteiger partial charge in [-0.2, -0.15) is 0 Å². The fourth-order valence-corrected chi connectivity index (χ4v) is 2.05. The molecule has 0 aromatic carbocycles. The lowest BCUT2D eigenvalue weighted by atomic mass is 10.1. The predicted octanol–water partition coefficient (Wildman–Crippen LogP) is 2.67. The van der Waals surface area contributed by atoms with Gasteiger partial charge in [0.2, 0.25) is 5.91 Å². The van der Waals surface area contributed by atoms with Gasteiger partial charge in [0.15, 0.2) is 5.96 Å². The van der Waals surface area contributed by atoms with E-state index in [-0.39, 0.29) is 11.8 Å². The van der Waals surface area contributed by atoms with Crippen LogP contribution in [-0.2, 0) is 4.79 Å². The molecule has 0 aliphatic rings. The lowest BCUT2D eigenvalue weighted by Gasteiger charge is -2.18. The Morgan fingerprint density at radius 2 is 1.77 bits per heavy atom. The average Bonchev–Trinajstić information content (AvgIpc) is 2.47. The monoisotopic (exact) mass is 312 g/mol. The van der Waals surface area contributed by atoms with E-state index >= 15 is 0 Å². The third-order valence-electron chi connectivity index (χ3n) is 3.42. The number of hydrogen-bond acceptors (Lipinski definition) is 2. The van der Waals surface area contributed by atoms with Gasteiger partial charge in [-0.05, 0) is 20.3 Å². The number of nitrogens with zero attached hydrogens (tertiary/aromatic N) is 1. The number of carbonyl (C=O) groups excluding carboxylic acids is 1. The van der Waals surface area contributed by atoms with Gasteiger partial charge in [-0.1, -0.05) is 46.5 Å². The number of nitrogens with one attached hydrogen (secondary N) is 3. The van der Waals surface area contributed by atoms with Gasteiger partial charge in [-0.15, -0.1) is 0 Å². The van der Waals surface area contributed by atoms with Crippen molar-refractivity contribution in [3.8, 4) is 0 Å². The molecule has 0 rings (SSSR count). The molecule has 1 unspecified atom stereocenters. The van der Waals surface area contributed by atoms with E-state index in [1.165, 1.54) is 25.7 Å². The maximum Gasteiger partial charge on any atom is 0.222 e. The minimum absolute atomic E-state index is 0.0264. The average molecular weight is 313 g/mol. The van der Waals surface area contributed by atoms with Crippen LogP contribution in [0.3, 0.4) is 0 Å². The first-order chi connectivity index (χ1) is 10.5. The number of guanidine groups is 1. The Bertz CT molecular complexity index is 316. The van der Waals surface area contributed by atoms with Crippen LogP contribution in [0.1, 0.15) is 66.7 Å². The highest BCUT2D eigenvalue weighted by Crippen LogP contribution is 2.05. The lowest BCUT2D eigenvalue weighted by Crippen LogP contribution is -2.42. The van der Waals surface area contributed by atoms with Crippen molar-refractivity contribution in [3.63, 3.8) is 0 Å². The second kappa shape index (κ2) is 13.4. The summed E-state index contributed by atoms with van der Waals surface area (Å²) in [5, 5.41) is 9.56. The zero-order valence-electron chi connectivity index (χ0n) is 15.2. The van der Waals surface area contributed by atoms with Gasteiger partial charge in [-0.25, -0.2) is 0 Å². The molecule has 0 aromatic rings. The minimum Gasteiger partial charge on any atom is -0.357 e. The number of unbranched alkanes of at least 4 members (excludes halogenated alkanes) is 3. The summed E-state index contributed by atoms with van der Waals surface area (Å²) in [6.45, 7) is 12.3. The molecule has 0 aromatic heterocycles. The number of amides is 1. The summed E-state index contributed by atoms with van der Waals surface area (Å²) in [6.07, 6.45) is 6.31. The third kappa shape index (κ3) is 11.4. The fraction of sp³-hybridized carbons (Fsp3) is 0.882. The van der Waals surface area contributed by atoms with E-state index in [4.69, 9.17) is 0 Å². The molecule has 130 valence electrons. The van der Waals surface area contributed by atoms with Gasteiger partial charge in [0.25, 0.3) is 0 Å². The van der Waals surface area contributed by atoms with Crippen molar-refractivity contribution in [2.75, 3.05) is 19.6 Å². The van der Waals surface area contributed by atoms with Crippen LogP contribution in [0.5, 0.6) is 0 Å². The molecular weight excluding hydrogens is 276 g/mol. The maximum atomic E-state index is 11.5. The lowest BCUT2D eigenvalue weighted by molar-refractivity contribution is -0.123. The highest BCUT2D eigenvalue weighted by molar-refractivity contribution is 5.80. The Balaban J connectivity index is 4.06. The van der Waals surface area contributed by atoms with Crippen LogP contribution >= 0.6 is 0 Å². The second-order valence-corrected chi connectivity index (χ2v) is 6.10. The molecule has 0 saturated heterocycles. The van der Waals surface area contributed by atoms with Gasteiger partial charge in [0.1, 0.15) is 0 Å². The van der Waals surface area contributed by atoms with Crippen LogP contribution < -0.4 is 16.0 Å². The summed E-state index contributed by atoms with van der Waals surface area (Å²) in [6, 6.07) is 0.417. The zero-order chi connectivity index (χ0) is 16.8.